The molecule has 1 aliphatic heterocycles. The minimum Gasteiger partial charge on any atom is -0.382 e. The fourth-order valence-electron chi connectivity index (χ4n) is 2.93. The van der Waals surface area contributed by atoms with Gasteiger partial charge in [-0.15, -0.1) is 0 Å². The van der Waals surface area contributed by atoms with E-state index >= 15 is 0 Å². The van der Waals surface area contributed by atoms with Crippen LogP contribution in [-0.2, 0) is 4.74 Å². The van der Waals surface area contributed by atoms with Gasteiger partial charge in [0, 0.05) is 24.5 Å². The van der Waals surface area contributed by atoms with Crippen molar-refractivity contribution in [1.29, 1.82) is 0 Å². The van der Waals surface area contributed by atoms with Crippen molar-refractivity contribution >= 4 is 5.69 Å². The lowest BCUT2D eigenvalue weighted by atomic mass is 9.99. The summed E-state index contributed by atoms with van der Waals surface area (Å²) in [5.41, 5.74) is 3.39. The first-order valence-corrected chi connectivity index (χ1v) is 7.83. The number of rotatable bonds is 5. The number of hydrogen-bond acceptors (Lipinski definition) is 3. The topological polar surface area (TPSA) is 49.9 Å². The van der Waals surface area contributed by atoms with Gasteiger partial charge < -0.3 is 10.1 Å². The molecule has 0 aliphatic carbocycles. The van der Waals surface area contributed by atoms with Crippen LogP contribution >= 0.6 is 0 Å². The Morgan fingerprint density at radius 2 is 2.14 bits per heavy atom. The number of ether oxygens (including phenoxy) is 1. The molecule has 4 nitrogen and oxygen atoms in total. The van der Waals surface area contributed by atoms with E-state index in [0.717, 1.165) is 37.1 Å². The molecule has 2 N–H and O–H groups in total. The van der Waals surface area contributed by atoms with Gasteiger partial charge in [-0.3, -0.25) is 5.10 Å². The maximum atomic E-state index is 5.80. The van der Waals surface area contributed by atoms with Gasteiger partial charge in [0.2, 0.25) is 0 Å². The van der Waals surface area contributed by atoms with Gasteiger partial charge in [0.1, 0.15) is 0 Å². The summed E-state index contributed by atoms with van der Waals surface area (Å²) >= 11 is 0. The molecule has 0 bridgehead atoms. The van der Waals surface area contributed by atoms with E-state index in [0.29, 0.717) is 12.1 Å². The van der Waals surface area contributed by atoms with Gasteiger partial charge >= 0.3 is 0 Å². The average Bonchev–Trinajstić information content (AvgIpc) is 3.03. The second-order valence-corrected chi connectivity index (χ2v) is 5.69. The summed E-state index contributed by atoms with van der Waals surface area (Å²) < 4.78 is 5.80. The molecule has 21 heavy (non-hydrogen) atoms. The predicted molar refractivity (Wildman–Crippen MR) is 85.3 cm³/mol. The largest absolute Gasteiger partial charge is 0.382 e. The zero-order valence-corrected chi connectivity index (χ0v) is 12.5. The quantitative estimate of drug-likeness (QED) is 0.877. The Morgan fingerprint density at radius 1 is 1.29 bits per heavy atom. The van der Waals surface area contributed by atoms with Crippen LogP contribution in [0.3, 0.4) is 0 Å². The van der Waals surface area contributed by atoms with E-state index in [9.17, 15) is 0 Å². The molecule has 3 rings (SSSR count). The lowest BCUT2D eigenvalue weighted by Gasteiger charge is -2.30. The molecule has 1 aliphatic rings. The van der Waals surface area contributed by atoms with Crippen LogP contribution in [0.5, 0.6) is 0 Å². The van der Waals surface area contributed by atoms with E-state index in [1.165, 1.54) is 12.1 Å². The number of aromatic nitrogens is 2. The van der Waals surface area contributed by atoms with Crippen molar-refractivity contribution in [2.24, 2.45) is 0 Å². The summed E-state index contributed by atoms with van der Waals surface area (Å²) in [5, 5.41) is 10.6. The van der Waals surface area contributed by atoms with Gasteiger partial charge in [0.15, 0.2) is 0 Å². The number of nitrogens with one attached hydrogen (secondary N) is 2. The van der Waals surface area contributed by atoms with Crippen LogP contribution in [0.25, 0.3) is 11.3 Å². The molecule has 1 aromatic carbocycles. The first kappa shape index (κ1) is 14.1. The van der Waals surface area contributed by atoms with Gasteiger partial charge in [0.05, 0.1) is 11.8 Å². The van der Waals surface area contributed by atoms with Gasteiger partial charge in [-0.1, -0.05) is 25.5 Å². The van der Waals surface area contributed by atoms with Crippen LogP contribution in [-0.4, -0.2) is 29.0 Å². The highest BCUT2D eigenvalue weighted by molar-refractivity contribution is 5.62. The Hall–Kier alpha value is -1.81. The normalized spacial score (nSPS) is 22.1. The number of benzene rings is 1. The third kappa shape index (κ3) is 3.64. The van der Waals surface area contributed by atoms with E-state index in [4.69, 9.17) is 4.74 Å². The smallest absolute Gasteiger partial charge is 0.0650 e. The third-order valence-electron chi connectivity index (χ3n) is 4.05. The van der Waals surface area contributed by atoms with Crippen molar-refractivity contribution in [1.82, 2.24) is 10.2 Å². The van der Waals surface area contributed by atoms with Gasteiger partial charge in [0.25, 0.3) is 0 Å². The molecule has 2 heterocycles. The van der Waals surface area contributed by atoms with Crippen LogP contribution in [0.1, 0.15) is 32.6 Å². The SMILES string of the molecule is CCCC1CC(Nc2ccc(-c3ccn[nH]3)cc2)CCO1. The van der Waals surface area contributed by atoms with E-state index < -0.39 is 0 Å². The monoisotopic (exact) mass is 285 g/mol. The molecule has 0 spiro atoms. The Morgan fingerprint density at radius 3 is 2.86 bits per heavy atom. The molecule has 0 saturated carbocycles. The molecule has 1 aromatic heterocycles. The Bertz CT molecular complexity index is 534. The van der Waals surface area contributed by atoms with E-state index in [2.05, 4.69) is 46.7 Å². The van der Waals surface area contributed by atoms with E-state index in [-0.39, 0.29) is 0 Å². The Kier molecular flexibility index (Phi) is 4.55. The Labute approximate surface area is 125 Å². The lowest BCUT2D eigenvalue weighted by Crippen LogP contribution is -2.33. The van der Waals surface area contributed by atoms with Crippen LogP contribution < -0.4 is 5.32 Å². The maximum Gasteiger partial charge on any atom is 0.0650 e. The van der Waals surface area contributed by atoms with E-state index in [1.807, 2.05) is 6.07 Å². The average molecular weight is 285 g/mol. The fraction of sp³-hybridized carbons (Fsp3) is 0.471. The summed E-state index contributed by atoms with van der Waals surface area (Å²) in [6.07, 6.45) is 6.74. The summed E-state index contributed by atoms with van der Waals surface area (Å²) in [7, 11) is 0. The summed E-state index contributed by atoms with van der Waals surface area (Å²) in [6.45, 7) is 3.09. The fourth-order valence-corrected chi connectivity index (χ4v) is 2.93. The van der Waals surface area contributed by atoms with Crippen molar-refractivity contribution in [3.63, 3.8) is 0 Å². The minimum absolute atomic E-state index is 0.422. The molecular formula is C17H23N3O. The summed E-state index contributed by atoms with van der Waals surface area (Å²) in [4.78, 5) is 0. The summed E-state index contributed by atoms with van der Waals surface area (Å²) in [5.74, 6) is 0. The van der Waals surface area contributed by atoms with Crippen molar-refractivity contribution in [2.45, 2.75) is 44.8 Å². The molecule has 112 valence electrons. The van der Waals surface area contributed by atoms with E-state index in [1.54, 1.807) is 6.20 Å². The van der Waals surface area contributed by atoms with Crippen LogP contribution in [0.2, 0.25) is 0 Å². The highest BCUT2D eigenvalue weighted by Crippen LogP contribution is 2.23. The summed E-state index contributed by atoms with van der Waals surface area (Å²) in [6, 6.07) is 11.0. The minimum atomic E-state index is 0.422. The standard InChI is InChI=1S/C17H23N3O/c1-2-3-16-12-15(9-11-21-16)19-14-6-4-13(5-7-14)17-8-10-18-20-17/h4-8,10,15-16,19H,2-3,9,11-12H2,1H3,(H,18,20). The molecule has 2 unspecified atom stereocenters. The number of aromatic amines is 1. The van der Waals surface area contributed by atoms with Crippen molar-refractivity contribution in [3.8, 4) is 11.3 Å². The zero-order valence-electron chi connectivity index (χ0n) is 12.5. The second-order valence-electron chi connectivity index (χ2n) is 5.69. The number of H-pyrrole nitrogens is 1. The first-order valence-electron chi connectivity index (χ1n) is 7.83. The predicted octanol–water partition coefficient (Wildman–Crippen LogP) is 3.84. The van der Waals surface area contributed by atoms with Crippen LogP contribution in [0.4, 0.5) is 5.69 Å². The van der Waals surface area contributed by atoms with Crippen molar-refractivity contribution in [3.05, 3.63) is 36.5 Å². The molecule has 4 heteroatoms. The highest BCUT2D eigenvalue weighted by atomic mass is 16.5. The molecule has 0 radical (unpaired) electrons. The van der Waals surface area contributed by atoms with Gasteiger partial charge in [-0.2, -0.15) is 5.10 Å². The maximum absolute atomic E-state index is 5.80. The molecule has 0 amide bonds. The second kappa shape index (κ2) is 6.76. The van der Waals surface area contributed by atoms with Gasteiger partial charge in [-0.25, -0.2) is 0 Å². The first-order chi connectivity index (χ1) is 10.3. The molecule has 1 fully saturated rings. The van der Waals surface area contributed by atoms with Crippen molar-refractivity contribution in [2.75, 3.05) is 11.9 Å². The van der Waals surface area contributed by atoms with Gasteiger partial charge in [-0.05, 0) is 43.0 Å². The molecule has 1 saturated heterocycles. The van der Waals surface area contributed by atoms with Crippen LogP contribution in [0, 0.1) is 0 Å². The molecule has 2 atom stereocenters. The number of hydrogen-bond donors (Lipinski definition) is 2. The van der Waals surface area contributed by atoms with Crippen molar-refractivity contribution < 1.29 is 4.74 Å². The molecular weight excluding hydrogens is 262 g/mol. The number of anilines is 1. The van der Waals surface area contributed by atoms with Crippen LogP contribution in [0.15, 0.2) is 36.5 Å². The highest BCUT2D eigenvalue weighted by Gasteiger charge is 2.21. The Balaban J connectivity index is 1.60. The third-order valence-corrected chi connectivity index (χ3v) is 4.05. The lowest BCUT2D eigenvalue weighted by molar-refractivity contribution is 0.00598. The zero-order chi connectivity index (χ0) is 14.5. The number of nitrogens with zero attached hydrogens (tertiary/aromatic N) is 1. The molecule has 2 aromatic rings.